The monoisotopic (exact) mass is 509 g/mol. The number of amides is 2. The van der Waals surface area contributed by atoms with Gasteiger partial charge in [-0.1, -0.05) is 45.8 Å². The standard InChI is InChI=1S/C26H28BrN3O3/c1-18-5-7-20(8-6-18)25(31)29-23(26(32)28-15-4-16-30(2)3)17-22-13-14-24(33-22)19-9-11-21(27)12-10-19/h5-14,17H,4,15-16H2,1-3H3,(H,28,32)(H,29,31)/b23-17-. The summed E-state index contributed by atoms with van der Waals surface area (Å²) < 4.78 is 6.90. The third-order valence-corrected chi connectivity index (χ3v) is 5.45. The highest BCUT2D eigenvalue weighted by Crippen LogP contribution is 2.25. The second-order valence-corrected chi connectivity index (χ2v) is 8.92. The van der Waals surface area contributed by atoms with Gasteiger partial charge in [-0.05, 0) is 70.4 Å². The average molecular weight is 510 g/mol. The van der Waals surface area contributed by atoms with E-state index in [4.69, 9.17) is 4.42 Å². The van der Waals surface area contributed by atoms with Gasteiger partial charge in [-0.2, -0.15) is 0 Å². The summed E-state index contributed by atoms with van der Waals surface area (Å²) in [4.78, 5) is 27.7. The molecule has 3 rings (SSSR count). The highest BCUT2D eigenvalue weighted by Gasteiger charge is 2.16. The lowest BCUT2D eigenvalue weighted by molar-refractivity contribution is -0.117. The molecule has 6 nitrogen and oxygen atoms in total. The van der Waals surface area contributed by atoms with Gasteiger partial charge in [0.25, 0.3) is 11.8 Å². The van der Waals surface area contributed by atoms with E-state index in [9.17, 15) is 9.59 Å². The molecule has 1 aromatic heterocycles. The van der Waals surface area contributed by atoms with Gasteiger partial charge in [-0.3, -0.25) is 9.59 Å². The molecule has 0 aliphatic heterocycles. The minimum absolute atomic E-state index is 0.127. The van der Waals surface area contributed by atoms with Crippen LogP contribution in [0.3, 0.4) is 0 Å². The Labute approximate surface area is 202 Å². The lowest BCUT2D eigenvalue weighted by Crippen LogP contribution is -2.36. The Morgan fingerprint density at radius 2 is 1.70 bits per heavy atom. The maximum atomic E-state index is 12.9. The number of benzene rings is 2. The fourth-order valence-corrected chi connectivity index (χ4v) is 3.36. The van der Waals surface area contributed by atoms with Crippen molar-refractivity contribution in [2.75, 3.05) is 27.2 Å². The van der Waals surface area contributed by atoms with Gasteiger partial charge in [0.05, 0.1) is 0 Å². The molecule has 0 aliphatic carbocycles. The third kappa shape index (κ3) is 7.44. The number of nitrogens with one attached hydrogen (secondary N) is 2. The Morgan fingerprint density at radius 1 is 1.00 bits per heavy atom. The fourth-order valence-electron chi connectivity index (χ4n) is 3.09. The predicted molar refractivity (Wildman–Crippen MR) is 135 cm³/mol. The van der Waals surface area contributed by atoms with Crippen molar-refractivity contribution in [3.63, 3.8) is 0 Å². The lowest BCUT2D eigenvalue weighted by Gasteiger charge is -2.12. The van der Waals surface area contributed by atoms with Crippen LogP contribution in [0.2, 0.25) is 0 Å². The summed E-state index contributed by atoms with van der Waals surface area (Å²) >= 11 is 3.42. The first kappa shape index (κ1) is 24.5. The van der Waals surface area contributed by atoms with Crippen LogP contribution in [-0.2, 0) is 4.79 Å². The predicted octanol–water partition coefficient (Wildman–Crippen LogP) is 4.86. The van der Waals surface area contributed by atoms with Crippen molar-refractivity contribution >= 4 is 33.8 Å². The minimum atomic E-state index is -0.365. The summed E-state index contributed by atoms with van der Waals surface area (Å²) in [5, 5.41) is 5.61. The number of hydrogen-bond donors (Lipinski definition) is 2. The van der Waals surface area contributed by atoms with Gasteiger partial charge in [0.2, 0.25) is 0 Å². The van der Waals surface area contributed by atoms with E-state index in [-0.39, 0.29) is 17.5 Å². The maximum Gasteiger partial charge on any atom is 0.267 e. The normalized spacial score (nSPS) is 11.5. The van der Waals surface area contributed by atoms with Gasteiger partial charge in [0, 0.05) is 28.2 Å². The quantitative estimate of drug-likeness (QED) is 0.319. The first-order chi connectivity index (χ1) is 15.8. The molecule has 2 aromatic carbocycles. The molecule has 0 saturated carbocycles. The van der Waals surface area contributed by atoms with Crippen LogP contribution < -0.4 is 10.6 Å². The number of nitrogens with zero attached hydrogens (tertiary/aromatic N) is 1. The summed E-state index contributed by atoms with van der Waals surface area (Å²) in [6, 6.07) is 18.5. The molecular weight excluding hydrogens is 482 g/mol. The van der Waals surface area contributed by atoms with E-state index in [1.165, 1.54) is 0 Å². The van der Waals surface area contributed by atoms with Crippen LogP contribution in [-0.4, -0.2) is 43.9 Å². The largest absolute Gasteiger partial charge is 0.457 e. The van der Waals surface area contributed by atoms with Crippen LogP contribution in [0, 0.1) is 6.92 Å². The van der Waals surface area contributed by atoms with Crippen LogP contribution in [0.15, 0.2) is 75.3 Å². The minimum Gasteiger partial charge on any atom is -0.457 e. The van der Waals surface area contributed by atoms with Gasteiger partial charge in [0.1, 0.15) is 17.2 Å². The van der Waals surface area contributed by atoms with Gasteiger partial charge >= 0.3 is 0 Å². The van der Waals surface area contributed by atoms with Crippen LogP contribution in [0.4, 0.5) is 0 Å². The molecule has 3 aromatic rings. The molecule has 1 heterocycles. The third-order valence-electron chi connectivity index (χ3n) is 4.92. The Kier molecular flexibility index (Phi) is 8.63. The van der Waals surface area contributed by atoms with Crippen molar-refractivity contribution in [1.82, 2.24) is 15.5 Å². The first-order valence-electron chi connectivity index (χ1n) is 10.7. The Hall–Kier alpha value is -3.16. The Bertz CT molecular complexity index is 1120. The zero-order valence-corrected chi connectivity index (χ0v) is 20.6. The van der Waals surface area contributed by atoms with Crippen LogP contribution in [0.25, 0.3) is 17.4 Å². The molecule has 7 heteroatoms. The fraction of sp³-hybridized carbons (Fsp3) is 0.231. The number of carbonyl (C=O) groups excluding carboxylic acids is 2. The summed E-state index contributed by atoms with van der Waals surface area (Å²) in [6.45, 7) is 3.30. The van der Waals surface area contributed by atoms with Crippen LogP contribution in [0.1, 0.15) is 28.1 Å². The zero-order chi connectivity index (χ0) is 23.8. The van der Waals surface area contributed by atoms with Crippen LogP contribution in [0.5, 0.6) is 0 Å². The smallest absolute Gasteiger partial charge is 0.267 e. The molecule has 0 fully saturated rings. The SMILES string of the molecule is Cc1ccc(C(=O)N/C(=C\c2ccc(-c3ccc(Br)cc3)o2)C(=O)NCCCN(C)C)cc1. The summed E-state index contributed by atoms with van der Waals surface area (Å²) in [5.74, 6) is 0.417. The number of carbonyl (C=O) groups is 2. The number of furan rings is 1. The molecule has 0 atom stereocenters. The second kappa shape index (κ2) is 11.6. The van der Waals surface area contributed by atoms with E-state index >= 15 is 0 Å². The molecule has 2 amide bonds. The highest BCUT2D eigenvalue weighted by molar-refractivity contribution is 9.10. The second-order valence-electron chi connectivity index (χ2n) is 8.00. The van der Waals surface area contributed by atoms with Gasteiger partial charge in [0.15, 0.2) is 0 Å². The molecule has 0 spiro atoms. The highest BCUT2D eigenvalue weighted by atomic mass is 79.9. The Morgan fingerprint density at radius 3 is 2.36 bits per heavy atom. The average Bonchev–Trinajstić information content (AvgIpc) is 3.25. The van der Waals surface area contributed by atoms with Crippen molar-refractivity contribution in [3.8, 4) is 11.3 Å². The van der Waals surface area contributed by atoms with E-state index < -0.39 is 0 Å². The molecule has 172 valence electrons. The number of rotatable bonds is 9. The van der Waals surface area contributed by atoms with Crippen molar-refractivity contribution in [2.45, 2.75) is 13.3 Å². The van der Waals surface area contributed by atoms with Gasteiger partial charge in [-0.15, -0.1) is 0 Å². The molecule has 0 bridgehead atoms. The number of aryl methyl sites for hydroxylation is 1. The number of hydrogen-bond acceptors (Lipinski definition) is 4. The molecular formula is C26H28BrN3O3. The molecule has 0 unspecified atom stereocenters. The summed E-state index contributed by atoms with van der Waals surface area (Å²) in [7, 11) is 3.96. The van der Waals surface area contributed by atoms with E-state index in [1.54, 1.807) is 24.3 Å². The molecule has 0 radical (unpaired) electrons. The zero-order valence-electron chi connectivity index (χ0n) is 19.0. The van der Waals surface area contributed by atoms with Crippen molar-refractivity contribution < 1.29 is 14.0 Å². The molecule has 2 N–H and O–H groups in total. The molecule has 0 saturated heterocycles. The topological polar surface area (TPSA) is 74.6 Å². The van der Waals surface area contributed by atoms with Gasteiger partial charge < -0.3 is 20.0 Å². The van der Waals surface area contributed by atoms with E-state index in [1.807, 2.05) is 63.5 Å². The lowest BCUT2D eigenvalue weighted by atomic mass is 10.1. The van der Waals surface area contributed by atoms with E-state index in [0.717, 1.165) is 28.6 Å². The van der Waals surface area contributed by atoms with Gasteiger partial charge in [-0.25, -0.2) is 0 Å². The Balaban J connectivity index is 1.80. The molecule has 33 heavy (non-hydrogen) atoms. The van der Waals surface area contributed by atoms with E-state index in [2.05, 4.69) is 31.5 Å². The van der Waals surface area contributed by atoms with E-state index in [0.29, 0.717) is 23.6 Å². The van der Waals surface area contributed by atoms with Crippen LogP contribution >= 0.6 is 15.9 Å². The molecule has 0 aliphatic rings. The number of halogens is 1. The van der Waals surface area contributed by atoms with Crippen molar-refractivity contribution in [1.29, 1.82) is 0 Å². The first-order valence-corrected chi connectivity index (χ1v) is 11.5. The summed E-state index contributed by atoms with van der Waals surface area (Å²) in [5.41, 5.74) is 2.57. The van der Waals surface area contributed by atoms with Crippen molar-refractivity contribution in [2.24, 2.45) is 0 Å². The van der Waals surface area contributed by atoms with Crippen molar-refractivity contribution in [3.05, 3.63) is 87.7 Å². The maximum absolute atomic E-state index is 12.9. The summed E-state index contributed by atoms with van der Waals surface area (Å²) in [6.07, 6.45) is 2.35.